The molecule has 0 saturated heterocycles. The number of halogens is 1. The number of fused-ring (bicyclic) bond motifs is 1. The molecule has 0 spiro atoms. The number of nitrogens with one attached hydrogen (secondary N) is 2. The molecule has 0 bridgehead atoms. The Bertz CT molecular complexity index is 1260. The third kappa shape index (κ3) is 6.46. The molecule has 4 rings (SSSR count). The third-order valence-electron chi connectivity index (χ3n) is 6.80. The lowest BCUT2D eigenvalue weighted by atomic mass is 9.72. The zero-order valence-corrected chi connectivity index (χ0v) is 23.4. The second-order valence-electron chi connectivity index (χ2n) is 10.4. The lowest BCUT2D eigenvalue weighted by molar-refractivity contribution is -0.122. The maximum absolute atomic E-state index is 13.5. The molecule has 196 valence electrons. The molecule has 2 unspecified atom stereocenters. The van der Waals surface area contributed by atoms with Crippen molar-refractivity contribution >= 4 is 45.4 Å². The van der Waals surface area contributed by atoms with E-state index in [0.717, 1.165) is 29.7 Å². The van der Waals surface area contributed by atoms with E-state index in [9.17, 15) is 9.59 Å². The van der Waals surface area contributed by atoms with E-state index in [1.54, 1.807) is 62.6 Å². The highest BCUT2D eigenvalue weighted by atomic mass is 35.5. The standard InChI is InChI=1S/C29H33ClN2O4S/c1-17(36-22-11-7-19(30)8-12-22)26(33)32-28-25(27(34)31-20-9-13-21(35-5)14-10-20)23-15-6-18(29(2,3)4)16-24(23)37-28/h7-14,17-18H,6,15-16H2,1-5H3,(H,31,34)(H,32,33). The molecule has 0 aliphatic heterocycles. The quantitative estimate of drug-likeness (QED) is 0.331. The van der Waals surface area contributed by atoms with Crippen LogP contribution in [0.15, 0.2) is 48.5 Å². The van der Waals surface area contributed by atoms with Crippen LogP contribution in [-0.4, -0.2) is 25.0 Å². The van der Waals surface area contributed by atoms with Gasteiger partial charge >= 0.3 is 0 Å². The minimum absolute atomic E-state index is 0.164. The van der Waals surface area contributed by atoms with Gasteiger partial charge in [-0.3, -0.25) is 9.59 Å². The van der Waals surface area contributed by atoms with Gasteiger partial charge in [0.15, 0.2) is 6.10 Å². The Morgan fingerprint density at radius 3 is 2.30 bits per heavy atom. The van der Waals surface area contributed by atoms with Gasteiger partial charge in [-0.25, -0.2) is 0 Å². The molecule has 0 fully saturated rings. The molecule has 1 aliphatic rings. The topological polar surface area (TPSA) is 76.7 Å². The predicted molar refractivity (Wildman–Crippen MR) is 150 cm³/mol. The van der Waals surface area contributed by atoms with Crippen LogP contribution in [0.3, 0.4) is 0 Å². The van der Waals surface area contributed by atoms with E-state index in [4.69, 9.17) is 21.1 Å². The Hall–Kier alpha value is -3.03. The fourth-order valence-electron chi connectivity index (χ4n) is 4.51. The first-order valence-electron chi connectivity index (χ1n) is 12.4. The number of carbonyl (C=O) groups is 2. The minimum atomic E-state index is -0.764. The van der Waals surface area contributed by atoms with Gasteiger partial charge in [0.1, 0.15) is 16.5 Å². The van der Waals surface area contributed by atoms with E-state index in [2.05, 4.69) is 31.4 Å². The maximum Gasteiger partial charge on any atom is 0.265 e. The summed E-state index contributed by atoms with van der Waals surface area (Å²) < 4.78 is 11.0. The second-order valence-corrected chi connectivity index (χ2v) is 11.9. The van der Waals surface area contributed by atoms with Crippen molar-refractivity contribution in [1.29, 1.82) is 0 Å². The van der Waals surface area contributed by atoms with Crippen molar-refractivity contribution in [3.05, 3.63) is 69.6 Å². The summed E-state index contributed by atoms with van der Waals surface area (Å²) in [6, 6.07) is 14.0. The molecule has 37 heavy (non-hydrogen) atoms. The van der Waals surface area contributed by atoms with Crippen molar-refractivity contribution in [3.63, 3.8) is 0 Å². The van der Waals surface area contributed by atoms with Crippen LogP contribution in [0.4, 0.5) is 10.7 Å². The summed E-state index contributed by atoms with van der Waals surface area (Å²) >= 11 is 7.44. The SMILES string of the molecule is COc1ccc(NC(=O)c2c(NC(=O)C(C)Oc3ccc(Cl)cc3)sc3c2CCC(C(C)(C)C)C3)cc1. The van der Waals surface area contributed by atoms with Crippen LogP contribution in [0.25, 0.3) is 0 Å². The number of anilines is 2. The van der Waals surface area contributed by atoms with Crippen LogP contribution in [0, 0.1) is 11.3 Å². The van der Waals surface area contributed by atoms with Crippen LogP contribution < -0.4 is 20.1 Å². The number of hydrogen-bond donors (Lipinski definition) is 2. The Balaban J connectivity index is 1.59. The molecule has 0 saturated carbocycles. The number of rotatable bonds is 7. The summed E-state index contributed by atoms with van der Waals surface area (Å²) in [7, 11) is 1.60. The number of hydrogen-bond acceptors (Lipinski definition) is 5. The van der Waals surface area contributed by atoms with Crippen LogP contribution in [-0.2, 0) is 17.6 Å². The van der Waals surface area contributed by atoms with E-state index in [1.807, 2.05) is 0 Å². The monoisotopic (exact) mass is 540 g/mol. The van der Waals surface area contributed by atoms with Crippen molar-refractivity contribution in [2.75, 3.05) is 17.7 Å². The van der Waals surface area contributed by atoms with Crippen molar-refractivity contribution < 1.29 is 19.1 Å². The van der Waals surface area contributed by atoms with Crippen LogP contribution in [0.5, 0.6) is 11.5 Å². The van der Waals surface area contributed by atoms with E-state index in [1.165, 1.54) is 11.3 Å². The van der Waals surface area contributed by atoms with E-state index < -0.39 is 6.10 Å². The molecule has 2 aromatic carbocycles. The third-order valence-corrected chi connectivity index (χ3v) is 8.22. The number of thiophene rings is 1. The zero-order chi connectivity index (χ0) is 26.7. The number of carbonyl (C=O) groups excluding carboxylic acids is 2. The minimum Gasteiger partial charge on any atom is -0.497 e. The molecule has 2 atom stereocenters. The summed E-state index contributed by atoms with van der Waals surface area (Å²) in [5, 5.41) is 7.13. The maximum atomic E-state index is 13.5. The zero-order valence-electron chi connectivity index (χ0n) is 21.8. The number of methoxy groups -OCH3 is 1. The second kappa shape index (κ2) is 11.2. The molecule has 1 aliphatic carbocycles. The Morgan fingerprint density at radius 1 is 1.03 bits per heavy atom. The first-order valence-corrected chi connectivity index (χ1v) is 13.6. The van der Waals surface area contributed by atoms with Crippen molar-refractivity contribution in [1.82, 2.24) is 0 Å². The predicted octanol–water partition coefficient (Wildman–Crippen LogP) is 7.22. The fourth-order valence-corrected chi connectivity index (χ4v) is 5.96. The number of benzene rings is 2. The molecule has 1 heterocycles. The average Bonchev–Trinajstić information content (AvgIpc) is 3.22. The smallest absolute Gasteiger partial charge is 0.265 e. The molecule has 8 heteroatoms. The first kappa shape index (κ1) is 27.0. The van der Waals surface area contributed by atoms with Gasteiger partial charge in [-0.15, -0.1) is 11.3 Å². The Kier molecular flexibility index (Phi) is 8.14. The molecule has 0 radical (unpaired) electrons. The highest BCUT2D eigenvalue weighted by Crippen LogP contribution is 2.44. The van der Waals surface area contributed by atoms with E-state index >= 15 is 0 Å². The summed E-state index contributed by atoms with van der Waals surface area (Å²) in [5.41, 5.74) is 2.39. The van der Waals surface area contributed by atoms with Gasteiger partial charge in [0.25, 0.3) is 11.8 Å². The van der Waals surface area contributed by atoms with Crippen molar-refractivity contribution in [2.45, 2.75) is 53.1 Å². The molecule has 1 aromatic heterocycles. The summed E-state index contributed by atoms with van der Waals surface area (Å²) in [4.78, 5) is 27.8. The molecule has 2 amide bonds. The normalized spacial score (nSPS) is 15.9. The molecular weight excluding hydrogens is 508 g/mol. The van der Waals surface area contributed by atoms with E-state index in [-0.39, 0.29) is 17.2 Å². The summed E-state index contributed by atoms with van der Waals surface area (Å²) in [6.07, 6.45) is 1.92. The van der Waals surface area contributed by atoms with Crippen LogP contribution in [0.2, 0.25) is 5.02 Å². The Morgan fingerprint density at radius 2 is 1.68 bits per heavy atom. The Labute approximate surface area is 227 Å². The largest absolute Gasteiger partial charge is 0.497 e. The summed E-state index contributed by atoms with van der Waals surface area (Å²) in [6.45, 7) is 8.45. The summed E-state index contributed by atoms with van der Waals surface area (Å²) in [5.74, 6) is 1.20. The first-order chi connectivity index (χ1) is 17.5. The van der Waals surface area contributed by atoms with Gasteiger partial charge in [0.05, 0.1) is 12.7 Å². The fraction of sp³-hybridized carbons (Fsp3) is 0.379. The molecule has 3 aromatic rings. The highest BCUT2D eigenvalue weighted by molar-refractivity contribution is 7.17. The van der Waals surface area contributed by atoms with Crippen molar-refractivity contribution in [2.24, 2.45) is 11.3 Å². The van der Waals surface area contributed by atoms with Crippen LogP contribution in [0.1, 0.15) is 54.9 Å². The molecule has 2 N–H and O–H groups in total. The van der Waals surface area contributed by atoms with E-state index in [0.29, 0.717) is 38.7 Å². The van der Waals surface area contributed by atoms with Gasteiger partial charge < -0.3 is 20.1 Å². The van der Waals surface area contributed by atoms with Crippen LogP contribution >= 0.6 is 22.9 Å². The van der Waals surface area contributed by atoms with Gasteiger partial charge in [0.2, 0.25) is 0 Å². The van der Waals surface area contributed by atoms with Gasteiger partial charge in [-0.05, 0) is 91.6 Å². The van der Waals surface area contributed by atoms with Gasteiger partial charge in [0, 0.05) is 15.6 Å². The average molecular weight is 541 g/mol. The molecular formula is C29H33ClN2O4S. The van der Waals surface area contributed by atoms with Gasteiger partial charge in [-0.2, -0.15) is 0 Å². The number of ether oxygens (including phenoxy) is 2. The molecule has 6 nitrogen and oxygen atoms in total. The highest BCUT2D eigenvalue weighted by Gasteiger charge is 2.34. The lowest BCUT2D eigenvalue weighted by Gasteiger charge is -2.33. The van der Waals surface area contributed by atoms with Gasteiger partial charge in [-0.1, -0.05) is 32.4 Å². The lowest BCUT2D eigenvalue weighted by Crippen LogP contribution is -2.30. The number of amides is 2. The van der Waals surface area contributed by atoms with Crippen molar-refractivity contribution in [3.8, 4) is 11.5 Å².